The van der Waals surface area contributed by atoms with Gasteiger partial charge in [0.2, 0.25) is 0 Å². The molecule has 0 N–H and O–H groups in total. The molecule has 3 nitrogen and oxygen atoms in total. The average Bonchev–Trinajstić information content (AvgIpc) is 2.48. The van der Waals surface area contributed by atoms with Gasteiger partial charge in [-0.2, -0.15) is 0 Å². The second kappa shape index (κ2) is 6.78. The van der Waals surface area contributed by atoms with Crippen molar-refractivity contribution >= 4 is 6.21 Å². The van der Waals surface area contributed by atoms with Crippen molar-refractivity contribution in [2.75, 3.05) is 14.2 Å². The van der Waals surface area contributed by atoms with Crippen molar-refractivity contribution in [2.24, 2.45) is 16.8 Å². The van der Waals surface area contributed by atoms with Crippen molar-refractivity contribution < 1.29 is 9.47 Å². The SMILES string of the molecule is COc1ccc(C=N[C@@H]2C[C@H](C)CC[C@@H]2C)c(OC)c1. The summed E-state index contributed by atoms with van der Waals surface area (Å²) < 4.78 is 10.6. The second-order valence-corrected chi connectivity index (χ2v) is 5.85. The first-order valence-electron chi connectivity index (χ1n) is 7.39. The summed E-state index contributed by atoms with van der Waals surface area (Å²) in [5.74, 6) is 3.07. The Bertz CT molecular complexity index is 470. The van der Waals surface area contributed by atoms with Gasteiger partial charge < -0.3 is 9.47 Å². The predicted octanol–water partition coefficient (Wildman–Crippen LogP) is 3.95. The molecule has 2 rings (SSSR count). The Kier molecular flexibility index (Phi) is 5.05. The topological polar surface area (TPSA) is 30.8 Å². The molecule has 0 bridgehead atoms. The third kappa shape index (κ3) is 3.53. The smallest absolute Gasteiger partial charge is 0.131 e. The van der Waals surface area contributed by atoms with E-state index in [1.807, 2.05) is 24.4 Å². The van der Waals surface area contributed by atoms with Crippen molar-refractivity contribution in [2.45, 2.75) is 39.2 Å². The molecule has 110 valence electrons. The maximum absolute atomic E-state index is 5.40. The molecule has 3 atom stereocenters. The standard InChI is InChI=1S/C17H25NO2/c1-12-5-6-13(2)16(9-12)18-11-14-7-8-15(19-3)10-17(14)20-4/h7-8,10-13,16H,5-6,9H2,1-4H3/t12-,13+,16-/m1/s1. The molecular formula is C17H25NO2. The van der Waals surface area contributed by atoms with E-state index in [2.05, 4.69) is 13.8 Å². The van der Waals surface area contributed by atoms with Crippen LogP contribution in [0, 0.1) is 11.8 Å². The van der Waals surface area contributed by atoms with Crippen LogP contribution in [0.4, 0.5) is 0 Å². The van der Waals surface area contributed by atoms with Crippen LogP contribution in [0.1, 0.15) is 38.7 Å². The van der Waals surface area contributed by atoms with Crippen LogP contribution in [0.15, 0.2) is 23.2 Å². The molecule has 0 aliphatic heterocycles. The number of ether oxygens (including phenoxy) is 2. The van der Waals surface area contributed by atoms with Gasteiger partial charge in [0.1, 0.15) is 11.5 Å². The van der Waals surface area contributed by atoms with E-state index in [1.54, 1.807) is 14.2 Å². The summed E-state index contributed by atoms with van der Waals surface area (Å²) in [7, 11) is 3.34. The first kappa shape index (κ1) is 14.9. The van der Waals surface area contributed by atoms with E-state index >= 15 is 0 Å². The molecule has 1 aliphatic carbocycles. The van der Waals surface area contributed by atoms with E-state index in [4.69, 9.17) is 14.5 Å². The molecule has 0 unspecified atom stereocenters. The van der Waals surface area contributed by atoms with Crippen LogP contribution in [0.25, 0.3) is 0 Å². The maximum atomic E-state index is 5.40. The molecule has 0 spiro atoms. The number of aliphatic imine (C=N–C) groups is 1. The zero-order chi connectivity index (χ0) is 14.5. The molecule has 20 heavy (non-hydrogen) atoms. The van der Waals surface area contributed by atoms with Gasteiger partial charge in [0.25, 0.3) is 0 Å². The summed E-state index contributed by atoms with van der Waals surface area (Å²) in [5.41, 5.74) is 1.01. The molecule has 0 radical (unpaired) electrons. The van der Waals surface area contributed by atoms with Gasteiger partial charge in [0.15, 0.2) is 0 Å². The molecule has 1 saturated carbocycles. The predicted molar refractivity (Wildman–Crippen MR) is 83.1 cm³/mol. The molecule has 1 aromatic carbocycles. The highest BCUT2D eigenvalue weighted by Gasteiger charge is 2.24. The van der Waals surface area contributed by atoms with Crippen LogP contribution < -0.4 is 9.47 Å². The Balaban J connectivity index is 2.14. The molecule has 0 saturated heterocycles. The van der Waals surface area contributed by atoms with Gasteiger partial charge >= 0.3 is 0 Å². The zero-order valence-corrected chi connectivity index (χ0v) is 12.9. The van der Waals surface area contributed by atoms with Crippen LogP contribution >= 0.6 is 0 Å². The van der Waals surface area contributed by atoms with Crippen molar-refractivity contribution in [1.29, 1.82) is 0 Å². The maximum Gasteiger partial charge on any atom is 0.131 e. The van der Waals surface area contributed by atoms with E-state index in [9.17, 15) is 0 Å². The molecule has 1 fully saturated rings. The molecular weight excluding hydrogens is 250 g/mol. The highest BCUT2D eigenvalue weighted by Crippen LogP contribution is 2.31. The normalized spacial score (nSPS) is 26.7. The van der Waals surface area contributed by atoms with Crippen LogP contribution in [0.2, 0.25) is 0 Å². The third-order valence-corrected chi connectivity index (χ3v) is 4.26. The Labute approximate surface area is 122 Å². The van der Waals surface area contributed by atoms with Gasteiger partial charge in [-0.15, -0.1) is 0 Å². The van der Waals surface area contributed by atoms with E-state index < -0.39 is 0 Å². The Morgan fingerprint density at radius 2 is 1.95 bits per heavy atom. The fourth-order valence-corrected chi connectivity index (χ4v) is 2.81. The summed E-state index contributed by atoms with van der Waals surface area (Å²) in [6.07, 6.45) is 5.76. The summed E-state index contributed by atoms with van der Waals surface area (Å²) in [6.45, 7) is 4.63. The van der Waals surface area contributed by atoms with Gasteiger partial charge in [-0.25, -0.2) is 0 Å². The summed E-state index contributed by atoms with van der Waals surface area (Å²) >= 11 is 0. The van der Waals surface area contributed by atoms with Crippen LogP contribution in [0.5, 0.6) is 11.5 Å². The lowest BCUT2D eigenvalue weighted by Crippen LogP contribution is -2.25. The number of benzene rings is 1. The monoisotopic (exact) mass is 275 g/mol. The lowest BCUT2D eigenvalue weighted by molar-refractivity contribution is 0.268. The van der Waals surface area contributed by atoms with E-state index in [1.165, 1.54) is 19.3 Å². The number of hydrogen-bond donors (Lipinski definition) is 0. The molecule has 0 heterocycles. The number of hydrogen-bond acceptors (Lipinski definition) is 3. The number of nitrogens with zero attached hydrogens (tertiary/aromatic N) is 1. The Morgan fingerprint density at radius 1 is 1.15 bits per heavy atom. The number of rotatable bonds is 4. The van der Waals surface area contributed by atoms with Crippen LogP contribution in [-0.2, 0) is 0 Å². The van der Waals surface area contributed by atoms with Crippen molar-refractivity contribution in [3.63, 3.8) is 0 Å². The van der Waals surface area contributed by atoms with Gasteiger partial charge in [0.05, 0.1) is 20.3 Å². The minimum Gasteiger partial charge on any atom is -0.497 e. The van der Waals surface area contributed by atoms with E-state index in [-0.39, 0.29) is 0 Å². The zero-order valence-electron chi connectivity index (χ0n) is 12.9. The minimum atomic E-state index is 0.436. The third-order valence-electron chi connectivity index (χ3n) is 4.26. The average molecular weight is 275 g/mol. The number of methoxy groups -OCH3 is 2. The van der Waals surface area contributed by atoms with Crippen molar-refractivity contribution in [3.05, 3.63) is 23.8 Å². The summed E-state index contributed by atoms with van der Waals surface area (Å²) in [6, 6.07) is 6.27. The first-order chi connectivity index (χ1) is 9.63. The second-order valence-electron chi connectivity index (χ2n) is 5.85. The first-order valence-corrected chi connectivity index (χ1v) is 7.39. The van der Waals surface area contributed by atoms with Gasteiger partial charge in [-0.1, -0.05) is 20.3 Å². The van der Waals surface area contributed by atoms with Crippen molar-refractivity contribution in [1.82, 2.24) is 0 Å². The van der Waals surface area contributed by atoms with Gasteiger partial charge in [0, 0.05) is 17.8 Å². The van der Waals surface area contributed by atoms with Crippen molar-refractivity contribution in [3.8, 4) is 11.5 Å². The molecule has 3 heteroatoms. The molecule has 1 aromatic rings. The Morgan fingerprint density at radius 3 is 2.65 bits per heavy atom. The largest absolute Gasteiger partial charge is 0.497 e. The summed E-state index contributed by atoms with van der Waals surface area (Å²) in [4.78, 5) is 4.80. The van der Waals surface area contributed by atoms with E-state index in [0.717, 1.165) is 23.0 Å². The summed E-state index contributed by atoms with van der Waals surface area (Å²) in [5, 5.41) is 0. The highest BCUT2D eigenvalue weighted by atomic mass is 16.5. The quantitative estimate of drug-likeness (QED) is 0.779. The highest BCUT2D eigenvalue weighted by molar-refractivity contribution is 5.84. The minimum absolute atomic E-state index is 0.436. The fraction of sp³-hybridized carbons (Fsp3) is 0.588. The lowest BCUT2D eigenvalue weighted by Gasteiger charge is -2.29. The van der Waals surface area contributed by atoms with Crippen LogP contribution in [0.3, 0.4) is 0 Å². The molecule has 1 aliphatic rings. The van der Waals surface area contributed by atoms with Crippen LogP contribution in [-0.4, -0.2) is 26.5 Å². The van der Waals surface area contributed by atoms with E-state index in [0.29, 0.717) is 12.0 Å². The molecule has 0 aromatic heterocycles. The van der Waals surface area contributed by atoms with Gasteiger partial charge in [-0.05, 0) is 36.8 Å². The van der Waals surface area contributed by atoms with Gasteiger partial charge in [-0.3, -0.25) is 4.99 Å². The lowest BCUT2D eigenvalue weighted by atomic mass is 9.80. The Hall–Kier alpha value is -1.51. The fourth-order valence-electron chi connectivity index (χ4n) is 2.81. The molecule has 0 amide bonds.